The van der Waals surface area contributed by atoms with Crippen molar-refractivity contribution in [3.63, 3.8) is 0 Å². The molecule has 3 heterocycles. The highest BCUT2D eigenvalue weighted by atomic mass is 32.1. The van der Waals surface area contributed by atoms with Crippen molar-refractivity contribution in [3.05, 3.63) is 76.1 Å². The van der Waals surface area contributed by atoms with Gasteiger partial charge in [-0.3, -0.25) is 4.79 Å². The van der Waals surface area contributed by atoms with E-state index < -0.39 is 0 Å². The van der Waals surface area contributed by atoms with E-state index in [1.807, 2.05) is 43.5 Å². The molecule has 1 fully saturated rings. The molecule has 1 amide bonds. The van der Waals surface area contributed by atoms with Gasteiger partial charge in [-0.2, -0.15) is 10.5 Å². The summed E-state index contributed by atoms with van der Waals surface area (Å²) in [4.78, 5) is 22.1. The molecule has 0 aliphatic carbocycles. The molecule has 3 atom stereocenters. The number of nitrogens with zero attached hydrogens (tertiary/aromatic N) is 4. The number of pyridine rings is 1. The Bertz CT molecular complexity index is 1190. The monoisotopic (exact) mass is 458 g/mol. The average Bonchev–Trinajstić information content (AvgIpc) is 3.50. The Morgan fingerprint density at radius 3 is 2.70 bits per heavy atom. The Morgan fingerprint density at radius 2 is 2.03 bits per heavy atom. The summed E-state index contributed by atoms with van der Waals surface area (Å²) in [7, 11) is 0. The number of rotatable bonds is 7. The Balaban J connectivity index is 1.51. The molecule has 0 bridgehead atoms. The molecule has 3 unspecified atom stereocenters. The summed E-state index contributed by atoms with van der Waals surface area (Å²) in [5.41, 5.74) is 2.37. The zero-order valence-electron chi connectivity index (χ0n) is 18.0. The van der Waals surface area contributed by atoms with Crippen LogP contribution in [0, 0.1) is 22.7 Å². The van der Waals surface area contributed by atoms with E-state index in [0.29, 0.717) is 29.5 Å². The third kappa shape index (κ3) is 5.17. The molecule has 9 heteroatoms. The molecular weight excluding hydrogens is 436 g/mol. The summed E-state index contributed by atoms with van der Waals surface area (Å²) in [6, 6.07) is 14.8. The number of nitriles is 2. The third-order valence-electron chi connectivity index (χ3n) is 5.52. The lowest BCUT2D eigenvalue weighted by Crippen LogP contribution is -2.36. The fourth-order valence-electron chi connectivity index (χ4n) is 3.96. The SMILES string of the molecule is CCOc1ncc(C(c2ccc(C#N)cc2)C2CC(NC(=O)c3ccc(C#N)nc3)CN2)s1. The number of thiazole rings is 1. The van der Waals surface area contributed by atoms with Gasteiger partial charge in [0.25, 0.3) is 11.1 Å². The fraction of sp³-hybridized carbons (Fsp3) is 0.292. The zero-order valence-corrected chi connectivity index (χ0v) is 18.8. The number of ether oxygens (including phenoxy) is 1. The first kappa shape index (κ1) is 22.4. The van der Waals surface area contributed by atoms with E-state index >= 15 is 0 Å². The van der Waals surface area contributed by atoms with Gasteiger partial charge in [0.15, 0.2) is 0 Å². The second-order valence-corrected chi connectivity index (χ2v) is 8.66. The molecule has 2 aromatic heterocycles. The first-order valence-electron chi connectivity index (χ1n) is 10.6. The maximum absolute atomic E-state index is 12.6. The average molecular weight is 459 g/mol. The minimum Gasteiger partial charge on any atom is -0.470 e. The summed E-state index contributed by atoms with van der Waals surface area (Å²) in [6.45, 7) is 3.10. The van der Waals surface area contributed by atoms with Crippen LogP contribution in [0.25, 0.3) is 0 Å². The normalized spacial score (nSPS) is 18.2. The molecule has 0 saturated carbocycles. The van der Waals surface area contributed by atoms with Gasteiger partial charge >= 0.3 is 0 Å². The van der Waals surface area contributed by atoms with Crippen LogP contribution >= 0.6 is 11.3 Å². The van der Waals surface area contributed by atoms with Crippen LogP contribution in [0.15, 0.2) is 48.8 Å². The summed E-state index contributed by atoms with van der Waals surface area (Å²) >= 11 is 1.51. The molecule has 2 N–H and O–H groups in total. The van der Waals surface area contributed by atoms with Crippen LogP contribution in [0.4, 0.5) is 0 Å². The van der Waals surface area contributed by atoms with Crippen molar-refractivity contribution in [2.24, 2.45) is 0 Å². The Kier molecular flexibility index (Phi) is 6.94. The van der Waals surface area contributed by atoms with Crippen molar-refractivity contribution in [1.29, 1.82) is 10.5 Å². The summed E-state index contributed by atoms with van der Waals surface area (Å²) in [5, 5.41) is 25.3. The van der Waals surface area contributed by atoms with Gasteiger partial charge in [-0.05, 0) is 43.2 Å². The van der Waals surface area contributed by atoms with Crippen LogP contribution in [0.5, 0.6) is 5.19 Å². The number of amides is 1. The second-order valence-electron chi connectivity index (χ2n) is 7.64. The molecule has 1 aliphatic rings. The first-order valence-corrected chi connectivity index (χ1v) is 11.4. The van der Waals surface area contributed by atoms with Gasteiger partial charge in [0.1, 0.15) is 11.8 Å². The van der Waals surface area contributed by atoms with Crippen molar-refractivity contribution >= 4 is 17.2 Å². The maximum Gasteiger partial charge on any atom is 0.273 e. The lowest BCUT2D eigenvalue weighted by molar-refractivity contribution is 0.0939. The van der Waals surface area contributed by atoms with Gasteiger partial charge < -0.3 is 15.4 Å². The lowest BCUT2D eigenvalue weighted by Gasteiger charge is -2.23. The minimum absolute atomic E-state index is 0.00271. The number of hydrogen-bond acceptors (Lipinski definition) is 8. The molecule has 33 heavy (non-hydrogen) atoms. The van der Waals surface area contributed by atoms with Crippen LogP contribution in [-0.2, 0) is 0 Å². The number of benzene rings is 1. The molecule has 0 spiro atoms. The molecule has 1 aliphatic heterocycles. The number of nitrogens with one attached hydrogen (secondary N) is 2. The predicted octanol–water partition coefficient (Wildman–Crippen LogP) is 2.97. The molecule has 1 saturated heterocycles. The van der Waals surface area contributed by atoms with Gasteiger partial charge in [-0.25, -0.2) is 9.97 Å². The summed E-state index contributed by atoms with van der Waals surface area (Å²) in [5.74, 6) is -0.214. The van der Waals surface area contributed by atoms with E-state index in [2.05, 4.69) is 26.7 Å². The van der Waals surface area contributed by atoms with Crippen molar-refractivity contribution in [1.82, 2.24) is 20.6 Å². The molecule has 3 aromatic rings. The lowest BCUT2D eigenvalue weighted by atomic mass is 9.88. The topological polar surface area (TPSA) is 124 Å². The highest BCUT2D eigenvalue weighted by Gasteiger charge is 2.34. The van der Waals surface area contributed by atoms with Crippen molar-refractivity contribution in [3.8, 4) is 17.3 Å². The maximum atomic E-state index is 12.6. The van der Waals surface area contributed by atoms with Gasteiger partial charge in [-0.1, -0.05) is 23.5 Å². The standard InChI is InChI=1S/C24H22N6O2S/c1-2-32-24-29-14-21(33-24)22(16-5-3-15(10-25)4-6-16)20-9-19(13-28-20)30-23(31)17-7-8-18(11-26)27-12-17/h3-8,12,14,19-20,22,28H,2,9,13H2,1H3,(H,30,31). The van der Waals surface area contributed by atoms with E-state index in [0.717, 1.165) is 16.9 Å². The number of carbonyl (C=O) groups is 1. The van der Waals surface area contributed by atoms with Gasteiger partial charge in [0.2, 0.25) is 0 Å². The van der Waals surface area contributed by atoms with Gasteiger partial charge in [-0.15, -0.1) is 0 Å². The summed E-state index contributed by atoms with van der Waals surface area (Å²) in [6.07, 6.45) is 3.98. The molecule has 1 aromatic carbocycles. The van der Waals surface area contributed by atoms with E-state index in [9.17, 15) is 4.79 Å². The zero-order chi connectivity index (χ0) is 23.2. The predicted molar refractivity (Wildman–Crippen MR) is 123 cm³/mol. The number of hydrogen-bond donors (Lipinski definition) is 2. The van der Waals surface area contributed by atoms with E-state index in [1.54, 1.807) is 6.07 Å². The van der Waals surface area contributed by atoms with Gasteiger partial charge in [0.05, 0.1) is 23.8 Å². The van der Waals surface area contributed by atoms with Crippen LogP contribution in [0.1, 0.15) is 51.3 Å². The molecule has 166 valence electrons. The van der Waals surface area contributed by atoms with E-state index in [4.69, 9.17) is 15.3 Å². The van der Waals surface area contributed by atoms with Crippen LogP contribution in [-0.4, -0.2) is 41.1 Å². The molecule has 0 radical (unpaired) electrons. The molecule has 4 rings (SSSR count). The second kappa shape index (κ2) is 10.2. The number of carbonyl (C=O) groups excluding carboxylic acids is 1. The third-order valence-corrected chi connectivity index (χ3v) is 6.51. The van der Waals surface area contributed by atoms with Crippen molar-refractivity contribution in [2.45, 2.75) is 31.3 Å². The highest BCUT2D eigenvalue weighted by Crippen LogP contribution is 2.37. The Hall–Kier alpha value is -3.79. The quantitative estimate of drug-likeness (QED) is 0.558. The van der Waals surface area contributed by atoms with Crippen molar-refractivity contribution < 1.29 is 9.53 Å². The smallest absolute Gasteiger partial charge is 0.273 e. The Labute approximate surface area is 195 Å². The van der Waals surface area contributed by atoms with Gasteiger partial charge in [0, 0.05) is 41.8 Å². The highest BCUT2D eigenvalue weighted by molar-refractivity contribution is 7.13. The fourth-order valence-corrected chi connectivity index (χ4v) is 4.97. The molecule has 8 nitrogen and oxygen atoms in total. The Morgan fingerprint density at radius 1 is 1.21 bits per heavy atom. The van der Waals surface area contributed by atoms with E-state index in [1.165, 1.54) is 23.6 Å². The number of aromatic nitrogens is 2. The van der Waals surface area contributed by atoms with Crippen LogP contribution < -0.4 is 15.4 Å². The van der Waals surface area contributed by atoms with Crippen LogP contribution in [0.3, 0.4) is 0 Å². The largest absolute Gasteiger partial charge is 0.470 e. The van der Waals surface area contributed by atoms with E-state index in [-0.39, 0.29) is 29.6 Å². The van der Waals surface area contributed by atoms with Crippen LogP contribution in [0.2, 0.25) is 0 Å². The first-order chi connectivity index (χ1) is 16.1. The minimum atomic E-state index is -0.217. The van der Waals surface area contributed by atoms with Crippen molar-refractivity contribution in [2.75, 3.05) is 13.2 Å². The summed E-state index contributed by atoms with van der Waals surface area (Å²) < 4.78 is 5.57. The molecular formula is C24H22N6O2S.